The summed E-state index contributed by atoms with van der Waals surface area (Å²) in [4.78, 5) is 10.5. The summed E-state index contributed by atoms with van der Waals surface area (Å²) in [6.07, 6.45) is 1.12. The van der Waals surface area contributed by atoms with Gasteiger partial charge in [-0.15, -0.1) is 0 Å². The lowest BCUT2D eigenvalue weighted by atomic mass is 9.97. The van der Waals surface area contributed by atoms with E-state index >= 15 is 0 Å². The maximum absolute atomic E-state index is 14.0. The molecule has 0 N–H and O–H groups in total. The molecule has 94 valence electrons. The SMILES string of the molecule is COc1c(Br)cc(C(C)CC=O)c(OC)c1F. The van der Waals surface area contributed by atoms with Gasteiger partial charge in [0.25, 0.3) is 0 Å². The van der Waals surface area contributed by atoms with Gasteiger partial charge in [0.15, 0.2) is 11.5 Å². The number of benzene rings is 1. The second kappa shape index (κ2) is 6.00. The van der Waals surface area contributed by atoms with Crippen molar-refractivity contribution >= 4 is 22.2 Å². The molecular formula is C12H14BrFO3. The minimum atomic E-state index is -0.558. The zero-order chi connectivity index (χ0) is 13.0. The smallest absolute Gasteiger partial charge is 0.208 e. The van der Waals surface area contributed by atoms with Crippen LogP contribution < -0.4 is 9.47 Å². The molecule has 1 aromatic carbocycles. The van der Waals surface area contributed by atoms with Gasteiger partial charge in [-0.1, -0.05) is 6.92 Å². The van der Waals surface area contributed by atoms with Crippen molar-refractivity contribution in [3.63, 3.8) is 0 Å². The quantitative estimate of drug-likeness (QED) is 0.783. The van der Waals surface area contributed by atoms with Gasteiger partial charge in [0.05, 0.1) is 18.7 Å². The molecule has 3 nitrogen and oxygen atoms in total. The highest BCUT2D eigenvalue weighted by atomic mass is 79.9. The molecule has 0 fully saturated rings. The molecule has 1 rings (SSSR count). The van der Waals surface area contributed by atoms with Crippen LogP contribution in [-0.2, 0) is 4.79 Å². The molecule has 0 aromatic heterocycles. The maximum atomic E-state index is 14.0. The van der Waals surface area contributed by atoms with Gasteiger partial charge in [-0.3, -0.25) is 0 Å². The molecule has 1 aromatic rings. The Kier molecular flexibility index (Phi) is 4.93. The third-order valence-electron chi connectivity index (χ3n) is 2.55. The van der Waals surface area contributed by atoms with Crippen molar-refractivity contribution in [2.75, 3.05) is 14.2 Å². The Bertz CT molecular complexity index is 421. The molecular weight excluding hydrogens is 291 g/mol. The topological polar surface area (TPSA) is 35.5 Å². The summed E-state index contributed by atoms with van der Waals surface area (Å²) < 4.78 is 24.5. The third-order valence-corrected chi connectivity index (χ3v) is 3.14. The Labute approximate surface area is 108 Å². The van der Waals surface area contributed by atoms with E-state index in [1.807, 2.05) is 6.92 Å². The minimum absolute atomic E-state index is 0.101. The highest BCUT2D eigenvalue weighted by Crippen LogP contribution is 2.40. The summed E-state index contributed by atoms with van der Waals surface area (Å²) in [5, 5.41) is 0. The number of ether oxygens (including phenoxy) is 2. The van der Waals surface area contributed by atoms with Crippen LogP contribution in [0.2, 0.25) is 0 Å². The second-order valence-electron chi connectivity index (χ2n) is 3.63. The molecule has 0 amide bonds. The average molecular weight is 305 g/mol. The standard InChI is InChI=1S/C12H14BrFO3/c1-7(4-5-15)8-6-9(13)12(17-3)10(14)11(8)16-2/h5-7H,4H2,1-3H3. The molecule has 0 aliphatic rings. The number of carbonyl (C=O) groups excluding carboxylic acids is 1. The van der Waals surface area contributed by atoms with Gasteiger partial charge >= 0.3 is 0 Å². The molecule has 17 heavy (non-hydrogen) atoms. The Morgan fingerprint density at radius 2 is 2.00 bits per heavy atom. The minimum Gasteiger partial charge on any atom is -0.493 e. The van der Waals surface area contributed by atoms with Crippen LogP contribution in [0.15, 0.2) is 10.5 Å². The molecule has 0 saturated heterocycles. The molecule has 1 unspecified atom stereocenters. The number of aldehydes is 1. The highest BCUT2D eigenvalue weighted by Gasteiger charge is 2.21. The van der Waals surface area contributed by atoms with Crippen molar-refractivity contribution in [1.29, 1.82) is 0 Å². The van der Waals surface area contributed by atoms with E-state index in [-0.39, 0.29) is 17.4 Å². The Morgan fingerprint density at radius 3 is 2.47 bits per heavy atom. The summed E-state index contributed by atoms with van der Waals surface area (Å²) in [7, 11) is 2.78. The molecule has 0 saturated carbocycles. The number of carbonyl (C=O) groups is 1. The van der Waals surface area contributed by atoms with Gasteiger partial charge < -0.3 is 14.3 Å². The second-order valence-corrected chi connectivity index (χ2v) is 4.49. The van der Waals surface area contributed by atoms with Crippen molar-refractivity contribution < 1.29 is 18.7 Å². The van der Waals surface area contributed by atoms with E-state index in [4.69, 9.17) is 9.47 Å². The van der Waals surface area contributed by atoms with Crippen LogP contribution in [0.1, 0.15) is 24.8 Å². The molecule has 5 heteroatoms. The molecule has 0 spiro atoms. The average Bonchev–Trinajstić information content (AvgIpc) is 2.29. The molecule has 0 aliphatic heterocycles. The van der Waals surface area contributed by atoms with E-state index in [1.165, 1.54) is 14.2 Å². The van der Waals surface area contributed by atoms with Crippen molar-refractivity contribution in [1.82, 2.24) is 0 Å². The summed E-state index contributed by atoms with van der Waals surface area (Å²) in [6, 6.07) is 1.72. The third kappa shape index (κ3) is 2.77. The highest BCUT2D eigenvalue weighted by molar-refractivity contribution is 9.10. The number of rotatable bonds is 5. The van der Waals surface area contributed by atoms with Gasteiger partial charge in [0, 0.05) is 12.0 Å². The number of hydrogen-bond acceptors (Lipinski definition) is 3. The zero-order valence-electron chi connectivity index (χ0n) is 9.92. The van der Waals surface area contributed by atoms with Crippen LogP contribution in [0, 0.1) is 5.82 Å². The number of halogens is 2. The lowest BCUT2D eigenvalue weighted by Gasteiger charge is -2.17. The van der Waals surface area contributed by atoms with Gasteiger partial charge in [0.2, 0.25) is 5.82 Å². The van der Waals surface area contributed by atoms with Crippen LogP contribution in [0.5, 0.6) is 11.5 Å². The van der Waals surface area contributed by atoms with Crippen molar-refractivity contribution in [3.8, 4) is 11.5 Å². The van der Waals surface area contributed by atoms with Crippen LogP contribution in [0.3, 0.4) is 0 Å². The summed E-state index contributed by atoms with van der Waals surface area (Å²) in [5.74, 6) is -0.445. The predicted octanol–water partition coefficient (Wildman–Crippen LogP) is 3.30. The molecule has 1 atom stereocenters. The largest absolute Gasteiger partial charge is 0.493 e. The Morgan fingerprint density at radius 1 is 1.41 bits per heavy atom. The summed E-state index contributed by atoms with van der Waals surface area (Å²) in [5.41, 5.74) is 0.643. The molecule has 0 aliphatic carbocycles. The fourth-order valence-corrected chi connectivity index (χ4v) is 2.22. The van der Waals surface area contributed by atoms with Crippen molar-refractivity contribution in [2.45, 2.75) is 19.3 Å². The lowest BCUT2D eigenvalue weighted by molar-refractivity contribution is -0.108. The van der Waals surface area contributed by atoms with E-state index in [9.17, 15) is 9.18 Å². The first kappa shape index (κ1) is 14.0. The first-order valence-corrected chi connectivity index (χ1v) is 5.89. The fraction of sp³-hybridized carbons (Fsp3) is 0.417. The van der Waals surface area contributed by atoms with Gasteiger partial charge in [-0.2, -0.15) is 4.39 Å². The van der Waals surface area contributed by atoms with E-state index in [0.29, 0.717) is 16.5 Å². The van der Waals surface area contributed by atoms with Crippen LogP contribution in [0.4, 0.5) is 4.39 Å². The molecule has 0 heterocycles. The molecule has 0 radical (unpaired) electrons. The van der Waals surface area contributed by atoms with E-state index in [1.54, 1.807) is 6.07 Å². The maximum Gasteiger partial charge on any atom is 0.208 e. The number of methoxy groups -OCH3 is 2. The lowest BCUT2D eigenvalue weighted by Crippen LogP contribution is -2.03. The molecule has 0 bridgehead atoms. The van der Waals surface area contributed by atoms with Crippen LogP contribution in [0.25, 0.3) is 0 Å². The first-order valence-electron chi connectivity index (χ1n) is 5.10. The van der Waals surface area contributed by atoms with Crippen LogP contribution in [-0.4, -0.2) is 20.5 Å². The fourth-order valence-electron chi connectivity index (χ4n) is 1.63. The van der Waals surface area contributed by atoms with Crippen molar-refractivity contribution in [3.05, 3.63) is 21.9 Å². The summed E-state index contributed by atoms with van der Waals surface area (Å²) >= 11 is 3.23. The van der Waals surface area contributed by atoms with Gasteiger partial charge in [-0.25, -0.2) is 0 Å². The zero-order valence-corrected chi connectivity index (χ0v) is 11.5. The Balaban J connectivity index is 3.35. The Hall–Kier alpha value is -1.10. The van der Waals surface area contributed by atoms with Crippen LogP contribution >= 0.6 is 15.9 Å². The van der Waals surface area contributed by atoms with E-state index in [0.717, 1.165) is 6.29 Å². The normalized spacial score (nSPS) is 12.1. The summed E-state index contributed by atoms with van der Waals surface area (Å²) in [6.45, 7) is 1.84. The monoisotopic (exact) mass is 304 g/mol. The predicted molar refractivity (Wildman–Crippen MR) is 66.3 cm³/mol. The van der Waals surface area contributed by atoms with E-state index in [2.05, 4.69) is 15.9 Å². The van der Waals surface area contributed by atoms with Gasteiger partial charge in [0.1, 0.15) is 6.29 Å². The van der Waals surface area contributed by atoms with E-state index < -0.39 is 5.82 Å². The van der Waals surface area contributed by atoms with Gasteiger partial charge in [-0.05, 0) is 27.9 Å². The number of hydrogen-bond donors (Lipinski definition) is 0. The first-order chi connectivity index (χ1) is 8.06. The van der Waals surface area contributed by atoms with Crippen molar-refractivity contribution in [2.24, 2.45) is 0 Å².